The maximum Gasteiger partial charge on any atom is 0.295 e. The lowest BCUT2D eigenvalue weighted by atomic mass is 9.94. The number of aliphatic hydroxyl groups is 1. The van der Waals surface area contributed by atoms with Gasteiger partial charge in [-0.05, 0) is 55.7 Å². The van der Waals surface area contributed by atoms with Gasteiger partial charge in [-0.25, -0.2) is 0 Å². The van der Waals surface area contributed by atoms with Crippen LogP contribution in [0.15, 0.2) is 48.0 Å². The van der Waals surface area contributed by atoms with E-state index in [1.54, 1.807) is 17.0 Å². The molecule has 7 heteroatoms. The minimum absolute atomic E-state index is 0.0451. The van der Waals surface area contributed by atoms with Crippen LogP contribution < -0.4 is 4.74 Å². The normalized spacial score (nSPS) is 21.1. The smallest absolute Gasteiger partial charge is 0.295 e. The summed E-state index contributed by atoms with van der Waals surface area (Å²) in [4.78, 5) is 27.9. The van der Waals surface area contributed by atoms with Crippen molar-refractivity contribution < 1.29 is 19.4 Å². The van der Waals surface area contributed by atoms with Crippen molar-refractivity contribution in [3.63, 3.8) is 0 Å². The molecular formula is C24H23Cl2NO4. The quantitative estimate of drug-likeness (QED) is 0.350. The van der Waals surface area contributed by atoms with E-state index in [1.165, 1.54) is 6.07 Å². The molecule has 1 N–H and O–H groups in total. The fourth-order valence-corrected chi connectivity index (χ4v) is 4.77. The molecular weight excluding hydrogens is 437 g/mol. The van der Waals surface area contributed by atoms with Gasteiger partial charge < -0.3 is 14.7 Å². The van der Waals surface area contributed by atoms with Crippen LogP contribution in [-0.2, 0) is 9.59 Å². The van der Waals surface area contributed by atoms with Crippen molar-refractivity contribution in [2.24, 2.45) is 0 Å². The first-order valence-electron chi connectivity index (χ1n) is 10.4. The highest BCUT2D eigenvalue weighted by Gasteiger charge is 2.49. The van der Waals surface area contributed by atoms with E-state index < -0.39 is 17.7 Å². The van der Waals surface area contributed by atoms with E-state index in [4.69, 9.17) is 27.9 Å². The Morgan fingerprint density at radius 2 is 1.84 bits per heavy atom. The Morgan fingerprint density at radius 1 is 1.10 bits per heavy atom. The molecule has 0 radical (unpaired) electrons. The van der Waals surface area contributed by atoms with Gasteiger partial charge in [-0.1, -0.05) is 48.2 Å². The highest BCUT2D eigenvalue weighted by molar-refractivity contribution is 6.47. The number of halogens is 2. The summed E-state index contributed by atoms with van der Waals surface area (Å²) in [5.41, 5.74) is 1.12. The van der Waals surface area contributed by atoms with Gasteiger partial charge in [-0.15, -0.1) is 0 Å². The Hall–Kier alpha value is -2.50. The molecule has 1 heterocycles. The second kappa shape index (κ2) is 8.93. The van der Waals surface area contributed by atoms with Gasteiger partial charge in [0.1, 0.15) is 11.5 Å². The molecule has 2 fully saturated rings. The number of ketones is 1. The monoisotopic (exact) mass is 459 g/mol. The molecule has 1 unspecified atom stereocenters. The van der Waals surface area contributed by atoms with E-state index in [-0.39, 0.29) is 22.4 Å². The van der Waals surface area contributed by atoms with Gasteiger partial charge in [0.05, 0.1) is 28.3 Å². The summed E-state index contributed by atoms with van der Waals surface area (Å²) >= 11 is 12.1. The predicted octanol–water partition coefficient (Wildman–Crippen LogP) is 5.76. The lowest BCUT2D eigenvalue weighted by Gasteiger charge is -2.31. The van der Waals surface area contributed by atoms with E-state index in [1.807, 2.05) is 31.2 Å². The van der Waals surface area contributed by atoms with E-state index in [9.17, 15) is 14.7 Å². The second-order valence-corrected chi connectivity index (χ2v) is 8.59. The van der Waals surface area contributed by atoms with Crippen LogP contribution in [0.25, 0.3) is 5.76 Å². The van der Waals surface area contributed by atoms with Gasteiger partial charge >= 0.3 is 0 Å². The fourth-order valence-electron chi connectivity index (χ4n) is 4.48. The Morgan fingerprint density at radius 3 is 2.52 bits per heavy atom. The van der Waals surface area contributed by atoms with Crippen molar-refractivity contribution in [1.82, 2.24) is 4.90 Å². The fraction of sp³-hybridized carbons (Fsp3) is 0.333. The van der Waals surface area contributed by atoms with Gasteiger partial charge in [0.25, 0.3) is 11.7 Å². The number of aliphatic hydroxyl groups excluding tert-OH is 1. The zero-order valence-corrected chi connectivity index (χ0v) is 18.6. The van der Waals surface area contributed by atoms with Crippen molar-refractivity contribution in [3.8, 4) is 5.75 Å². The van der Waals surface area contributed by atoms with E-state index in [0.717, 1.165) is 31.2 Å². The molecule has 31 heavy (non-hydrogen) atoms. The summed E-state index contributed by atoms with van der Waals surface area (Å²) in [5.74, 6) is -0.890. The summed E-state index contributed by atoms with van der Waals surface area (Å²) < 4.78 is 5.63. The number of Topliss-reactive ketones (excluding diaryl/α,β-unsaturated/α-hetero) is 1. The van der Waals surface area contributed by atoms with Crippen molar-refractivity contribution in [2.45, 2.75) is 44.7 Å². The number of benzene rings is 2. The Kier molecular flexibility index (Phi) is 6.26. The number of hydrogen-bond acceptors (Lipinski definition) is 4. The van der Waals surface area contributed by atoms with Crippen molar-refractivity contribution in [1.29, 1.82) is 0 Å². The molecule has 0 spiro atoms. The molecule has 1 aliphatic heterocycles. The maximum atomic E-state index is 13.1. The highest BCUT2D eigenvalue weighted by atomic mass is 35.5. The van der Waals surface area contributed by atoms with Gasteiger partial charge in [0, 0.05) is 11.6 Å². The summed E-state index contributed by atoms with van der Waals surface area (Å²) in [5, 5.41) is 11.7. The Labute approximate surface area is 191 Å². The van der Waals surface area contributed by atoms with Crippen LogP contribution >= 0.6 is 23.2 Å². The summed E-state index contributed by atoms with van der Waals surface area (Å²) in [6.45, 7) is 2.39. The SMILES string of the molecule is CCOc1cccc(C2/C(=C(/O)c3ccc(Cl)c(Cl)c3)C(=O)C(=O)N2C2CCCC2)c1. The average Bonchev–Trinajstić information content (AvgIpc) is 3.37. The van der Waals surface area contributed by atoms with Gasteiger partial charge in [0.15, 0.2) is 0 Å². The van der Waals surface area contributed by atoms with E-state index in [2.05, 4.69) is 0 Å². The van der Waals surface area contributed by atoms with Crippen molar-refractivity contribution >= 4 is 40.7 Å². The van der Waals surface area contributed by atoms with Gasteiger partial charge in [-0.2, -0.15) is 0 Å². The number of carbonyl (C=O) groups is 2. The largest absolute Gasteiger partial charge is 0.507 e. The molecule has 0 bridgehead atoms. The molecule has 0 aromatic heterocycles. The highest BCUT2D eigenvalue weighted by Crippen LogP contribution is 2.44. The van der Waals surface area contributed by atoms with Gasteiger partial charge in [-0.3, -0.25) is 9.59 Å². The number of nitrogens with zero attached hydrogens (tertiary/aromatic N) is 1. The number of amides is 1. The number of likely N-dealkylation sites (tertiary alicyclic amines) is 1. The summed E-state index contributed by atoms with van der Waals surface area (Å²) in [6, 6.07) is 11.2. The van der Waals surface area contributed by atoms with E-state index >= 15 is 0 Å². The van der Waals surface area contributed by atoms with Crippen LogP contribution in [0.5, 0.6) is 5.75 Å². The van der Waals surface area contributed by atoms with Crippen LogP contribution in [0.1, 0.15) is 49.8 Å². The van der Waals surface area contributed by atoms with Crippen LogP contribution in [0.3, 0.4) is 0 Å². The van der Waals surface area contributed by atoms with Gasteiger partial charge in [0.2, 0.25) is 0 Å². The molecule has 4 rings (SSSR count). The molecule has 1 amide bonds. The number of hydrogen-bond donors (Lipinski definition) is 1. The summed E-state index contributed by atoms with van der Waals surface area (Å²) in [7, 11) is 0. The third kappa shape index (κ3) is 4.04. The Balaban J connectivity index is 1.88. The topological polar surface area (TPSA) is 66.8 Å². The molecule has 2 aromatic carbocycles. The van der Waals surface area contributed by atoms with E-state index in [0.29, 0.717) is 22.9 Å². The van der Waals surface area contributed by atoms with Crippen LogP contribution in [0.2, 0.25) is 10.0 Å². The average molecular weight is 460 g/mol. The second-order valence-electron chi connectivity index (χ2n) is 7.78. The van der Waals surface area contributed by atoms with Crippen LogP contribution in [0.4, 0.5) is 0 Å². The third-order valence-corrected chi connectivity index (χ3v) is 6.62. The molecule has 2 aromatic rings. The third-order valence-electron chi connectivity index (χ3n) is 5.88. The standard InChI is InChI=1S/C24H23Cl2NO4/c1-2-31-17-9-5-6-14(12-17)21-20(22(28)15-10-11-18(25)19(26)13-15)23(29)24(30)27(21)16-7-3-4-8-16/h5-6,9-13,16,21,28H,2-4,7-8H2,1H3/b22-20-. The zero-order chi connectivity index (χ0) is 22.1. The minimum Gasteiger partial charge on any atom is -0.507 e. The molecule has 1 aliphatic carbocycles. The molecule has 5 nitrogen and oxygen atoms in total. The predicted molar refractivity (Wildman–Crippen MR) is 120 cm³/mol. The summed E-state index contributed by atoms with van der Waals surface area (Å²) in [6.07, 6.45) is 3.68. The van der Waals surface area contributed by atoms with Crippen LogP contribution in [-0.4, -0.2) is 34.3 Å². The zero-order valence-electron chi connectivity index (χ0n) is 17.1. The lowest BCUT2D eigenvalue weighted by molar-refractivity contribution is -0.141. The first-order chi connectivity index (χ1) is 14.9. The minimum atomic E-state index is -0.696. The molecule has 2 aliphatic rings. The molecule has 1 atom stereocenters. The molecule has 162 valence electrons. The number of ether oxygens (including phenoxy) is 1. The first-order valence-corrected chi connectivity index (χ1v) is 11.2. The van der Waals surface area contributed by atoms with Crippen molar-refractivity contribution in [3.05, 3.63) is 69.2 Å². The van der Waals surface area contributed by atoms with Crippen LogP contribution in [0, 0.1) is 0 Å². The Bertz CT molecular complexity index is 1060. The van der Waals surface area contributed by atoms with Crippen molar-refractivity contribution in [2.75, 3.05) is 6.61 Å². The molecule has 1 saturated carbocycles. The maximum absolute atomic E-state index is 13.1. The number of carbonyl (C=O) groups excluding carboxylic acids is 2. The molecule has 1 saturated heterocycles. The first kappa shape index (κ1) is 21.7. The number of rotatable bonds is 5. The lowest BCUT2D eigenvalue weighted by Crippen LogP contribution is -2.37.